The first-order chi connectivity index (χ1) is 13.5. The van der Waals surface area contributed by atoms with Crippen molar-refractivity contribution in [2.45, 2.75) is 6.54 Å². The summed E-state index contributed by atoms with van der Waals surface area (Å²) in [4.78, 5) is 20.5. The zero-order valence-electron chi connectivity index (χ0n) is 16.3. The molecule has 0 atom stereocenters. The van der Waals surface area contributed by atoms with Gasteiger partial charge >= 0.3 is 0 Å². The molecule has 2 aromatic rings. The van der Waals surface area contributed by atoms with E-state index in [4.69, 9.17) is 14.2 Å². The van der Waals surface area contributed by atoms with Crippen molar-refractivity contribution in [1.82, 2.24) is 14.8 Å². The van der Waals surface area contributed by atoms with Crippen LogP contribution in [0.5, 0.6) is 23.0 Å². The molecule has 0 radical (unpaired) electrons. The topological polar surface area (TPSA) is 84.4 Å². The SMILES string of the molecule is COc1cc(CN2CCN(C(=O)c3cncc(O)c3)CC2)cc(OC)c1OC. The van der Waals surface area contributed by atoms with Crippen molar-refractivity contribution in [2.75, 3.05) is 47.5 Å². The van der Waals surface area contributed by atoms with Gasteiger partial charge in [0.1, 0.15) is 5.75 Å². The molecule has 0 aliphatic carbocycles. The van der Waals surface area contributed by atoms with Crippen LogP contribution < -0.4 is 14.2 Å². The highest BCUT2D eigenvalue weighted by atomic mass is 16.5. The molecule has 3 rings (SSSR count). The zero-order chi connectivity index (χ0) is 20.1. The van der Waals surface area contributed by atoms with E-state index in [9.17, 15) is 9.90 Å². The number of piperazine rings is 1. The zero-order valence-corrected chi connectivity index (χ0v) is 16.3. The van der Waals surface area contributed by atoms with E-state index in [1.54, 1.807) is 26.2 Å². The van der Waals surface area contributed by atoms with E-state index in [1.807, 2.05) is 12.1 Å². The normalized spacial score (nSPS) is 14.6. The van der Waals surface area contributed by atoms with E-state index in [1.165, 1.54) is 18.5 Å². The number of aromatic nitrogens is 1. The average molecular weight is 387 g/mol. The summed E-state index contributed by atoms with van der Waals surface area (Å²) in [5.74, 6) is 1.70. The van der Waals surface area contributed by atoms with Crippen LogP contribution in [0, 0.1) is 0 Å². The number of nitrogens with zero attached hydrogens (tertiary/aromatic N) is 3. The van der Waals surface area contributed by atoms with Crippen LogP contribution in [0.3, 0.4) is 0 Å². The third-order valence-electron chi connectivity index (χ3n) is 4.76. The first-order valence-corrected chi connectivity index (χ1v) is 9.00. The van der Waals surface area contributed by atoms with Crippen LogP contribution in [0.4, 0.5) is 0 Å². The summed E-state index contributed by atoms with van der Waals surface area (Å²) in [7, 11) is 4.78. The van der Waals surface area contributed by atoms with Crippen molar-refractivity contribution in [1.29, 1.82) is 0 Å². The number of amides is 1. The molecule has 1 aromatic heterocycles. The van der Waals surface area contributed by atoms with Crippen LogP contribution in [0.25, 0.3) is 0 Å². The van der Waals surface area contributed by atoms with Crippen LogP contribution in [-0.2, 0) is 6.54 Å². The van der Waals surface area contributed by atoms with Crippen LogP contribution in [0.15, 0.2) is 30.6 Å². The Balaban J connectivity index is 1.63. The smallest absolute Gasteiger partial charge is 0.255 e. The van der Waals surface area contributed by atoms with Crippen molar-refractivity contribution < 1.29 is 24.1 Å². The Morgan fingerprint density at radius 3 is 2.18 bits per heavy atom. The number of benzene rings is 1. The van der Waals surface area contributed by atoms with E-state index in [0.717, 1.165) is 18.7 Å². The van der Waals surface area contributed by atoms with Crippen molar-refractivity contribution in [2.24, 2.45) is 0 Å². The number of hydrogen-bond donors (Lipinski definition) is 1. The van der Waals surface area contributed by atoms with Gasteiger partial charge in [-0.3, -0.25) is 14.7 Å². The summed E-state index contributed by atoms with van der Waals surface area (Å²) in [5.41, 5.74) is 1.45. The number of pyridine rings is 1. The average Bonchev–Trinajstić information content (AvgIpc) is 2.73. The Bertz CT molecular complexity index is 809. The first-order valence-electron chi connectivity index (χ1n) is 9.00. The highest BCUT2D eigenvalue weighted by Gasteiger charge is 2.23. The number of carbonyl (C=O) groups is 1. The molecule has 28 heavy (non-hydrogen) atoms. The van der Waals surface area contributed by atoms with Crippen molar-refractivity contribution in [3.63, 3.8) is 0 Å². The van der Waals surface area contributed by atoms with E-state index < -0.39 is 0 Å². The molecular formula is C20H25N3O5. The lowest BCUT2D eigenvalue weighted by atomic mass is 10.1. The third-order valence-corrected chi connectivity index (χ3v) is 4.76. The minimum Gasteiger partial charge on any atom is -0.506 e. The maximum atomic E-state index is 12.6. The number of rotatable bonds is 6. The lowest BCUT2D eigenvalue weighted by Gasteiger charge is -2.34. The molecule has 8 nitrogen and oxygen atoms in total. The van der Waals surface area contributed by atoms with Gasteiger partial charge in [-0.1, -0.05) is 0 Å². The van der Waals surface area contributed by atoms with Gasteiger partial charge in [-0.05, 0) is 23.8 Å². The molecule has 0 unspecified atom stereocenters. The Morgan fingerprint density at radius 2 is 1.64 bits per heavy atom. The van der Waals surface area contributed by atoms with E-state index in [-0.39, 0.29) is 11.7 Å². The molecule has 1 aliphatic rings. The molecule has 1 N–H and O–H groups in total. The summed E-state index contributed by atoms with van der Waals surface area (Å²) in [6.45, 7) is 3.42. The van der Waals surface area contributed by atoms with Gasteiger partial charge in [0.05, 0.1) is 33.1 Å². The van der Waals surface area contributed by atoms with E-state index in [0.29, 0.717) is 42.4 Å². The Morgan fingerprint density at radius 1 is 1.00 bits per heavy atom. The van der Waals surface area contributed by atoms with Gasteiger partial charge in [0.25, 0.3) is 5.91 Å². The Kier molecular flexibility index (Phi) is 6.20. The number of methoxy groups -OCH3 is 3. The maximum Gasteiger partial charge on any atom is 0.255 e. The van der Waals surface area contributed by atoms with Crippen LogP contribution in [-0.4, -0.2) is 73.3 Å². The van der Waals surface area contributed by atoms with E-state index in [2.05, 4.69) is 9.88 Å². The molecule has 8 heteroatoms. The Hall–Kier alpha value is -3.00. The van der Waals surface area contributed by atoms with Crippen LogP contribution in [0.2, 0.25) is 0 Å². The van der Waals surface area contributed by atoms with Gasteiger partial charge in [-0.15, -0.1) is 0 Å². The van der Waals surface area contributed by atoms with Gasteiger partial charge in [0, 0.05) is 38.9 Å². The summed E-state index contributed by atoms with van der Waals surface area (Å²) < 4.78 is 16.2. The molecular weight excluding hydrogens is 362 g/mol. The fourth-order valence-electron chi connectivity index (χ4n) is 3.32. The highest BCUT2D eigenvalue weighted by molar-refractivity contribution is 5.94. The lowest BCUT2D eigenvalue weighted by molar-refractivity contribution is 0.0627. The second kappa shape index (κ2) is 8.79. The van der Waals surface area contributed by atoms with Crippen LogP contribution in [0.1, 0.15) is 15.9 Å². The lowest BCUT2D eigenvalue weighted by Crippen LogP contribution is -2.48. The largest absolute Gasteiger partial charge is 0.506 e. The number of aromatic hydroxyl groups is 1. The standard InChI is InChI=1S/C20H25N3O5/c1-26-17-8-14(9-18(27-2)19(17)28-3)13-22-4-6-23(7-5-22)20(25)15-10-16(24)12-21-11-15/h8-12,24H,4-7,13H2,1-3H3. The minimum atomic E-state index is -0.115. The summed E-state index contributed by atoms with van der Waals surface area (Å²) in [5, 5.41) is 9.52. The predicted molar refractivity (Wildman–Crippen MR) is 103 cm³/mol. The summed E-state index contributed by atoms with van der Waals surface area (Å²) in [6.07, 6.45) is 2.79. The van der Waals surface area contributed by atoms with Crippen molar-refractivity contribution in [3.05, 3.63) is 41.7 Å². The number of hydrogen-bond acceptors (Lipinski definition) is 7. The molecule has 0 spiro atoms. The first kappa shape index (κ1) is 19.8. The molecule has 1 aromatic carbocycles. The minimum absolute atomic E-state index is 0.00751. The monoisotopic (exact) mass is 387 g/mol. The maximum absolute atomic E-state index is 12.6. The van der Waals surface area contributed by atoms with E-state index >= 15 is 0 Å². The highest BCUT2D eigenvalue weighted by Crippen LogP contribution is 2.38. The summed E-state index contributed by atoms with van der Waals surface area (Å²) in [6, 6.07) is 5.33. The second-order valence-electron chi connectivity index (χ2n) is 6.53. The predicted octanol–water partition coefficient (Wildman–Crippen LogP) is 1.77. The molecule has 1 fully saturated rings. The molecule has 2 heterocycles. The van der Waals surface area contributed by atoms with Gasteiger partial charge in [0.2, 0.25) is 5.75 Å². The number of carbonyl (C=O) groups excluding carboxylic acids is 1. The molecule has 0 bridgehead atoms. The fraction of sp³-hybridized carbons (Fsp3) is 0.400. The molecule has 150 valence electrons. The van der Waals surface area contributed by atoms with Gasteiger partial charge in [-0.25, -0.2) is 0 Å². The van der Waals surface area contributed by atoms with Crippen LogP contribution >= 0.6 is 0 Å². The van der Waals surface area contributed by atoms with Gasteiger partial charge in [0.15, 0.2) is 11.5 Å². The Labute approximate surface area is 164 Å². The van der Waals surface area contributed by atoms with Crippen molar-refractivity contribution >= 4 is 5.91 Å². The quantitative estimate of drug-likeness (QED) is 0.809. The molecule has 1 aliphatic heterocycles. The molecule has 1 amide bonds. The second-order valence-corrected chi connectivity index (χ2v) is 6.53. The molecule has 1 saturated heterocycles. The van der Waals surface area contributed by atoms with Gasteiger partial charge in [-0.2, -0.15) is 0 Å². The third kappa shape index (κ3) is 4.28. The number of ether oxygens (including phenoxy) is 3. The fourth-order valence-corrected chi connectivity index (χ4v) is 3.32. The molecule has 0 saturated carbocycles. The summed E-state index contributed by atoms with van der Waals surface area (Å²) >= 11 is 0. The van der Waals surface area contributed by atoms with Gasteiger partial charge < -0.3 is 24.2 Å². The van der Waals surface area contributed by atoms with Crippen molar-refractivity contribution in [3.8, 4) is 23.0 Å².